The fraction of sp³-hybridized carbons (Fsp3) is 0.556. The SMILES string of the molecule is CCCNC(=O)N1CCCN(C(=O)c2cc(OC)cc(OC)c2)CC1. The normalized spacial score (nSPS) is 14.7. The van der Waals surface area contributed by atoms with Gasteiger partial charge in [0.2, 0.25) is 0 Å². The van der Waals surface area contributed by atoms with Crippen LogP contribution in [-0.2, 0) is 0 Å². The summed E-state index contributed by atoms with van der Waals surface area (Å²) < 4.78 is 10.5. The van der Waals surface area contributed by atoms with E-state index >= 15 is 0 Å². The summed E-state index contributed by atoms with van der Waals surface area (Å²) >= 11 is 0. The Balaban J connectivity index is 2.04. The number of nitrogens with zero attached hydrogens (tertiary/aromatic N) is 2. The fourth-order valence-electron chi connectivity index (χ4n) is 2.78. The summed E-state index contributed by atoms with van der Waals surface area (Å²) in [5.41, 5.74) is 0.528. The van der Waals surface area contributed by atoms with Crippen LogP contribution in [0.25, 0.3) is 0 Å². The van der Waals surface area contributed by atoms with E-state index < -0.39 is 0 Å². The van der Waals surface area contributed by atoms with Gasteiger partial charge in [0.1, 0.15) is 11.5 Å². The lowest BCUT2D eigenvalue weighted by atomic mass is 10.1. The molecular formula is C18H27N3O4. The van der Waals surface area contributed by atoms with E-state index in [1.807, 2.05) is 6.92 Å². The van der Waals surface area contributed by atoms with Crippen LogP contribution >= 0.6 is 0 Å². The highest BCUT2D eigenvalue weighted by Crippen LogP contribution is 2.23. The van der Waals surface area contributed by atoms with Gasteiger partial charge in [-0.2, -0.15) is 0 Å². The smallest absolute Gasteiger partial charge is 0.317 e. The molecule has 3 amide bonds. The first-order valence-corrected chi connectivity index (χ1v) is 8.64. The Hall–Kier alpha value is -2.44. The van der Waals surface area contributed by atoms with Crippen molar-refractivity contribution < 1.29 is 19.1 Å². The highest BCUT2D eigenvalue weighted by Gasteiger charge is 2.23. The highest BCUT2D eigenvalue weighted by atomic mass is 16.5. The van der Waals surface area contributed by atoms with Gasteiger partial charge in [0.05, 0.1) is 14.2 Å². The largest absolute Gasteiger partial charge is 0.497 e. The molecule has 1 aromatic carbocycles. The number of amides is 3. The molecule has 2 rings (SSSR count). The van der Waals surface area contributed by atoms with Gasteiger partial charge in [-0.25, -0.2) is 4.79 Å². The van der Waals surface area contributed by atoms with Crippen LogP contribution in [0.2, 0.25) is 0 Å². The molecule has 1 heterocycles. The van der Waals surface area contributed by atoms with Gasteiger partial charge >= 0.3 is 6.03 Å². The van der Waals surface area contributed by atoms with Gasteiger partial charge in [-0.3, -0.25) is 4.79 Å². The molecule has 7 heteroatoms. The number of ether oxygens (including phenoxy) is 2. The molecule has 1 aliphatic heterocycles. The number of benzene rings is 1. The van der Waals surface area contributed by atoms with Crippen LogP contribution in [0.1, 0.15) is 30.1 Å². The van der Waals surface area contributed by atoms with E-state index in [0.717, 1.165) is 12.8 Å². The van der Waals surface area contributed by atoms with Crippen molar-refractivity contribution in [1.29, 1.82) is 0 Å². The quantitative estimate of drug-likeness (QED) is 0.882. The first kappa shape index (κ1) is 18.9. The molecule has 1 saturated heterocycles. The van der Waals surface area contributed by atoms with Gasteiger partial charge in [-0.05, 0) is 25.0 Å². The molecule has 0 saturated carbocycles. The van der Waals surface area contributed by atoms with Gasteiger partial charge in [-0.1, -0.05) is 6.92 Å². The standard InChI is InChI=1S/C18H27N3O4/c1-4-6-19-18(23)21-8-5-7-20(9-10-21)17(22)14-11-15(24-2)13-16(12-14)25-3/h11-13H,4-10H2,1-3H3,(H,19,23). The molecule has 0 bridgehead atoms. The van der Waals surface area contributed by atoms with Crippen molar-refractivity contribution in [2.75, 3.05) is 46.9 Å². The third-order valence-electron chi connectivity index (χ3n) is 4.19. The first-order valence-electron chi connectivity index (χ1n) is 8.64. The summed E-state index contributed by atoms with van der Waals surface area (Å²) in [5, 5.41) is 2.89. The third kappa shape index (κ3) is 5.01. The molecule has 1 aliphatic rings. The topological polar surface area (TPSA) is 71.1 Å². The second kappa shape index (κ2) is 9.15. The van der Waals surface area contributed by atoms with Crippen molar-refractivity contribution in [3.8, 4) is 11.5 Å². The number of nitrogens with one attached hydrogen (secondary N) is 1. The van der Waals surface area contributed by atoms with Crippen molar-refractivity contribution in [2.24, 2.45) is 0 Å². The summed E-state index contributed by atoms with van der Waals surface area (Å²) in [4.78, 5) is 28.5. The van der Waals surface area contributed by atoms with E-state index in [1.165, 1.54) is 0 Å². The van der Waals surface area contributed by atoms with E-state index in [4.69, 9.17) is 9.47 Å². The Morgan fingerprint density at radius 2 is 1.60 bits per heavy atom. The fourth-order valence-corrected chi connectivity index (χ4v) is 2.78. The Morgan fingerprint density at radius 1 is 1.00 bits per heavy atom. The molecule has 0 atom stereocenters. The van der Waals surface area contributed by atoms with E-state index in [9.17, 15) is 9.59 Å². The summed E-state index contributed by atoms with van der Waals surface area (Å²) in [6.45, 7) is 5.00. The lowest BCUT2D eigenvalue weighted by molar-refractivity contribution is 0.0761. The molecule has 7 nitrogen and oxygen atoms in total. The zero-order valence-corrected chi connectivity index (χ0v) is 15.2. The van der Waals surface area contributed by atoms with E-state index in [1.54, 1.807) is 42.2 Å². The predicted molar refractivity (Wildman–Crippen MR) is 95.3 cm³/mol. The van der Waals surface area contributed by atoms with Crippen LogP contribution in [-0.4, -0.2) is 68.7 Å². The van der Waals surface area contributed by atoms with Crippen LogP contribution in [0.5, 0.6) is 11.5 Å². The Bertz CT molecular complexity index is 584. The van der Waals surface area contributed by atoms with Crippen molar-refractivity contribution in [3.63, 3.8) is 0 Å². The minimum absolute atomic E-state index is 0.0563. The summed E-state index contributed by atoms with van der Waals surface area (Å²) in [6.07, 6.45) is 1.66. The average molecular weight is 349 g/mol. The lowest BCUT2D eigenvalue weighted by Gasteiger charge is -2.22. The molecule has 0 spiro atoms. The van der Waals surface area contributed by atoms with Crippen molar-refractivity contribution in [2.45, 2.75) is 19.8 Å². The van der Waals surface area contributed by atoms with Crippen molar-refractivity contribution in [3.05, 3.63) is 23.8 Å². The monoisotopic (exact) mass is 349 g/mol. The molecule has 0 aromatic heterocycles. The zero-order valence-electron chi connectivity index (χ0n) is 15.2. The summed E-state index contributed by atoms with van der Waals surface area (Å²) in [6, 6.07) is 5.10. The first-order chi connectivity index (χ1) is 12.1. The minimum Gasteiger partial charge on any atom is -0.497 e. The lowest BCUT2D eigenvalue weighted by Crippen LogP contribution is -2.42. The van der Waals surface area contributed by atoms with Crippen LogP contribution in [0.15, 0.2) is 18.2 Å². The van der Waals surface area contributed by atoms with Gasteiger partial charge in [0, 0.05) is 44.4 Å². The molecule has 1 fully saturated rings. The molecular weight excluding hydrogens is 322 g/mol. The maximum absolute atomic E-state index is 12.8. The molecule has 0 unspecified atom stereocenters. The van der Waals surface area contributed by atoms with Crippen LogP contribution in [0, 0.1) is 0 Å². The minimum atomic E-state index is -0.0759. The molecule has 0 radical (unpaired) electrons. The maximum atomic E-state index is 12.8. The van der Waals surface area contributed by atoms with Crippen molar-refractivity contribution >= 4 is 11.9 Å². The average Bonchev–Trinajstić information content (AvgIpc) is 2.91. The Labute approximate surface area is 148 Å². The number of methoxy groups -OCH3 is 2. The van der Waals surface area contributed by atoms with Crippen LogP contribution < -0.4 is 14.8 Å². The number of hydrogen-bond donors (Lipinski definition) is 1. The molecule has 1 N–H and O–H groups in total. The highest BCUT2D eigenvalue weighted by molar-refractivity contribution is 5.95. The van der Waals surface area contributed by atoms with E-state index in [2.05, 4.69) is 5.32 Å². The second-order valence-corrected chi connectivity index (χ2v) is 5.97. The number of carbonyl (C=O) groups excluding carboxylic acids is 2. The number of urea groups is 1. The Morgan fingerprint density at radius 3 is 2.20 bits per heavy atom. The zero-order chi connectivity index (χ0) is 18.2. The number of hydrogen-bond acceptors (Lipinski definition) is 4. The third-order valence-corrected chi connectivity index (χ3v) is 4.19. The molecule has 1 aromatic rings. The molecule has 0 aliphatic carbocycles. The van der Waals surface area contributed by atoms with Gasteiger partial charge in [0.25, 0.3) is 5.91 Å². The van der Waals surface area contributed by atoms with E-state index in [-0.39, 0.29) is 11.9 Å². The van der Waals surface area contributed by atoms with E-state index in [0.29, 0.717) is 49.8 Å². The van der Waals surface area contributed by atoms with Gasteiger partial charge < -0.3 is 24.6 Å². The number of rotatable bonds is 5. The summed E-state index contributed by atoms with van der Waals surface area (Å²) in [5.74, 6) is 1.09. The maximum Gasteiger partial charge on any atom is 0.317 e. The summed E-state index contributed by atoms with van der Waals surface area (Å²) in [7, 11) is 3.11. The van der Waals surface area contributed by atoms with Crippen molar-refractivity contribution in [1.82, 2.24) is 15.1 Å². The second-order valence-electron chi connectivity index (χ2n) is 5.97. The predicted octanol–water partition coefficient (Wildman–Crippen LogP) is 1.97. The van der Waals surface area contributed by atoms with Gasteiger partial charge in [-0.15, -0.1) is 0 Å². The molecule has 138 valence electrons. The Kier molecular flexibility index (Phi) is 6.91. The molecule has 25 heavy (non-hydrogen) atoms. The van der Waals surface area contributed by atoms with Gasteiger partial charge in [0.15, 0.2) is 0 Å². The van der Waals surface area contributed by atoms with Crippen LogP contribution in [0.3, 0.4) is 0 Å². The van der Waals surface area contributed by atoms with Crippen LogP contribution in [0.4, 0.5) is 4.79 Å². The number of carbonyl (C=O) groups is 2.